The number of hydrogen-bond donors (Lipinski definition) is 2. The molecule has 21 heavy (non-hydrogen) atoms. The minimum absolute atomic E-state index is 0.116. The molecule has 1 aromatic rings. The average molecular weight is 309 g/mol. The van der Waals surface area contributed by atoms with Crippen molar-refractivity contribution in [2.24, 2.45) is 5.41 Å². The topological polar surface area (TPSA) is 41.1 Å². The van der Waals surface area contributed by atoms with E-state index < -0.39 is 0 Å². The predicted molar refractivity (Wildman–Crippen MR) is 87.6 cm³/mol. The van der Waals surface area contributed by atoms with Gasteiger partial charge in [-0.3, -0.25) is 4.79 Å². The summed E-state index contributed by atoms with van der Waals surface area (Å²) in [5.41, 5.74) is 0.946. The number of rotatable bonds is 6. The second kappa shape index (κ2) is 7.28. The van der Waals surface area contributed by atoms with Crippen LogP contribution in [0.4, 0.5) is 0 Å². The molecule has 1 aliphatic rings. The minimum Gasteiger partial charge on any atom is -0.353 e. The highest BCUT2D eigenvalue weighted by Crippen LogP contribution is 2.31. The van der Waals surface area contributed by atoms with Crippen molar-refractivity contribution >= 4 is 17.5 Å². The Hall–Kier alpha value is -1.06. The minimum atomic E-state index is -0.211. The zero-order valence-electron chi connectivity index (χ0n) is 12.9. The van der Waals surface area contributed by atoms with Gasteiger partial charge in [0.15, 0.2) is 0 Å². The zero-order valence-corrected chi connectivity index (χ0v) is 13.7. The maximum absolute atomic E-state index is 12.6. The van der Waals surface area contributed by atoms with E-state index in [2.05, 4.69) is 24.5 Å². The standard InChI is InChI=1S/C17H25ClN2O/c1-3-7-17(8-9-19-12-17)16(21)20-13(2)10-14-5-4-6-15(18)11-14/h4-6,11,13,19H,3,7-10,12H2,1-2H3,(H,20,21). The van der Waals surface area contributed by atoms with Gasteiger partial charge in [-0.15, -0.1) is 0 Å². The lowest BCUT2D eigenvalue weighted by Crippen LogP contribution is -2.46. The molecule has 0 radical (unpaired) electrons. The Balaban J connectivity index is 1.95. The van der Waals surface area contributed by atoms with Crippen LogP contribution in [0.3, 0.4) is 0 Å². The molecule has 0 aromatic heterocycles. The lowest BCUT2D eigenvalue weighted by atomic mass is 9.81. The van der Waals surface area contributed by atoms with Gasteiger partial charge in [0, 0.05) is 17.6 Å². The molecule has 2 N–H and O–H groups in total. The van der Waals surface area contributed by atoms with Crippen molar-refractivity contribution in [1.29, 1.82) is 0 Å². The van der Waals surface area contributed by atoms with Gasteiger partial charge in [0.2, 0.25) is 5.91 Å². The molecule has 1 amide bonds. The Morgan fingerprint density at radius 3 is 2.95 bits per heavy atom. The third-order valence-electron chi connectivity index (χ3n) is 4.26. The molecule has 0 saturated carbocycles. The number of carbonyl (C=O) groups excluding carboxylic acids is 1. The van der Waals surface area contributed by atoms with Gasteiger partial charge in [-0.2, -0.15) is 0 Å². The fourth-order valence-electron chi connectivity index (χ4n) is 3.19. The normalized spacial score (nSPS) is 23.0. The Bertz CT molecular complexity index is 483. The predicted octanol–water partition coefficient (Wildman–Crippen LogP) is 3.17. The maximum atomic E-state index is 12.6. The summed E-state index contributed by atoms with van der Waals surface area (Å²) in [7, 11) is 0. The van der Waals surface area contributed by atoms with Crippen molar-refractivity contribution in [3.63, 3.8) is 0 Å². The van der Waals surface area contributed by atoms with Gasteiger partial charge in [0.1, 0.15) is 0 Å². The molecule has 2 unspecified atom stereocenters. The summed E-state index contributed by atoms with van der Waals surface area (Å²) >= 11 is 6.01. The van der Waals surface area contributed by atoms with E-state index in [1.165, 1.54) is 0 Å². The van der Waals surface area contributed by atoms with E-state index in [0.717, 1.165) is 49.4 Å². The fourth-order valence-corrected chi connectivity index (χ4v) is 3.40. The van der Waals surface area contributed by atoms with Crippen LogP contribution in [0.2, 0.25) is 5.02 Å². The lowest BCUT2D eigenvalue weighted by Gasteiger charge is -2.28. The third kappa shape index (κ3) is 4.21. The molecule has 0 spiro atoms. The number of benzene rings is 1. The van der Waals surface area contributed by atoms with Crippen LogP contribution in [0.15, 0.2) is 24.3 Å². The first-order chi connectivity index (χ1) is 10.1. The summed E-state index contributed by atoms with van der Waals surface area (Å²) in [6, 6.07) is 7.95. The molecule has 2 atom stereocenters. The van der Waals surface area contributed by atoms with Gasteiger partial charge < -0.3 is 10.6 Å². The molecule has 4 heteroatoms. The van der Waals surface area contributed by atoms with E-state index in [1.54, 1.807) is 0 Å². The first kappa shape index (κ1) is 16.3. The first-order valence-electron chi connectivity index (χ1n) is 7.82. The van der Waals surface area contributed by atoms with Crippen molar-refractivity contribution in [2.45, 2.75) is 45.6 Å². The Morgan fingerprint density at radius 2 is 2.33 bits per heavy atom. The van der Waals surface area contributed by atoms with Crippen LogP contribution in [-0.4, -0.2) is 25.0 Å². The van der Waals surface area contributed by atoms with Crippen LogP contribution in [0, 0.1) is 5.41 Å². The van der Waals surface area contributed by atoms with Crippen LogP contribution in [0.1, 0.15) is 38.7 Å². The fraction of sp³-hybridized carbons (Fsp3) is 0.588. The maximum Gasteiger partial charge on any atom is 0.227 e. The molecular formula is C17H25ClN2O. The molecule has 3 nitrogen and oxygen atoms in total. The van der Waals surface area contributed by atoms with E-state index in [0.29, 0.717) is 0 Å². The molecule has 1 fully saturated rings. The average Bonchev–Trinajstić information content (AvgIpc) is 2.89. The number of carbonyl (C=O) groups is 1. The number of nitrogens with one attached hydrogen (secondary N) is 2. The monoisotopic (exact) mass is 308 g/mol. The van der Waals surface area contributed by atoms with Crippen molar-refractivity contribution in [1.82, 2.24) is 10.6 Å². The van der Waals surface area contributed by atoms with Crippen LogP contribution in [0.5, 0.6) is 0 Å². The van der Waals surface area contributed by atoms with E-state index in [9.17, 15) is 4.79 Å². The van der Waals surface area contributed by atoms with Crippen LogP contribution in [-0.2, 0) is 11.2 Å². The summed E-state index contributed by atoms with van der Waals surface area (Å²) in [5, 5.41) is 7.27. The van der Waals surface area contributed by atoms with E-state index in [1.807, 2.05) is 24.3 Å². The molecule has 0 bridgehead atoms. The van der Waals surface area contributed by atoms with Gasteiger partial charge in [-0.25, -0.2) is 0 Å². The molecule has 2 rings (SSSR count). The Labute approximate surface area is 132 Å². The second-order valence-corrected chi connectivity index (χ2v) is 6.60. The summed E-state index contributed by atoms with van der Waals surface area (Å²) in [6.45, 7) is 5.94. The van der Waals surface area contributed by atoms with Crippen LogP contribution < -0.4 is 10.6 Å². The Morgan fingerprint density at radius 1 is 1.52 bits per heavy atom. The van der Waals surface area contributed by atoms with Crippen molar-refractivity contribution in [3.05, 3.63) is 34.9 Å². The number of halogens is 1. The summed E-state index contributed by atoms with van der Waals surface area (Å²) < 4.78 is 0. The highest BCUT2D eigenvalue weighted by Gasteiger charge is 2.40. The lowest BCUT2D eigenvalue weighted by molar-refractivity contribution is -0.131. The molecule has 1 aromatic carbocycles. The van der Waals surface area contributed by atoms with E-state index in [-0.39, 0.29) is 17.4 Å². The highest BCUT2D eigenvalue weighted by molar-refractivity contribution is 6.30. The first-order valence-corrected chi connectivity index (χ1v) is 8.20. The molecule has 0 aliphatic carbocycles. The molecule has 1 heterocycles. The van der Waals surface area contributed by atoms with Crippen molar-refractivity contribution < 1.29 is 4.79 Å². The summed E-state index contributed by atoms with van der Waals surface area (Å²) in [5.74, 6) is 0.198. The smallest absolute Gasteiger partial charge is 0.227 e. The van der Waals surface area contributed by atoms with Crippen LogP contribution >= 0.6 is 11.6 Å². The summed E-state index contributed by atoms with van der Waals surface area (Å²) in [6.07, 6.45) is 3.74. The second-order valence-electron chi connectivity index (χ2n) is 6.17. The quantitative estimate of drug-likeness (QED) is 0.847. The van der Waals surface area contributed by atoms with Gasteiger partial charge in [0.05, 0.1) is 5.41 Å². The highest BCUT2D eigenvalue weighted by atomic mass is 35.5. The molecular weight excluding hydrogens is 284 g/mol. The van der Waals surface area contributed by atoms with Gasteiger partial charge >= 0.3 is 0 Å². The van der Waals surface area contributed by atoms with E-state index in [4.69, 9.17) is 11.6 Å². The molecule has 116 valence electrons. The van der Waals surface area contributed by atoms with Gasteiger partial charge in [-0.1, -0.05) is 37.1 Å². The van der Waals surface area contributed by atoms with Gasteiger partial charge in [0.25, 0.3) is 0 Å². The third-order valence-corrected chi connectivity index (χ3v) is 4.50. The van der Waals surface area contributed by atoms with Crippen molar-refractivity contribution in [2.75, 3.05) is 13.1 Å². The molecule has 1 aliphatic heterocycles. The number of amides is 1. The summed E-state index contributed by atoms with van der Waals surface area (Å²) in [4.78, 5) is 12.6. The Kier molecular flexibility index (Phi) is 5.65. The largest absolute Gasteiger partial charge is 0.353 e. The zero-order chi connectivity index (χ0) is 15.3. The SMILES string of the molecule is CCCC1(C(=O)NC(C)Cc2cccc(Cl)c2)CCNC1. The van der Waals surface area contributed by atoms with Crippen LogP contribution in [0.25, 0.3) is 0 Å². The number of hydrogen-bond acceptors (Lipinski definition) is 2. The van der Waals surface area contributed by atoms with Gasteiger partial charge in [-0.05, 0) is 50.4 Å². The van der Waals surface area contributed by atoms with Crippen molar-refractivity contribution in [3.8, 4) is 0 Å². The molecule has 1 saturated heterocycles. The van der Waals surface area contributed by atoms with E-state index >= 15 is 0 Å².